The van der Waals surface area contributed by atoms with Crippen molar-refractivity contribution in [2.45, 2.75) is 39.7 Å². The minimum Gasteiger partial charge on any atom is -0.332 e. The highest BCUT2D eigenvalue weighted by Gasteiger charge is 2.18. The van der Waals surface area contributed by atoms with Crippen LogP contribution in [0.4, 0.5) is 0 Å². The van der Waals surface area contributed by atoms with E-state index in [9.17, 15) is 4.79 Å². The van der Waals surface area contributed by atoms with Crippen LogP contribution in [0.1, 0.15) is 32.5 Å². The fourth-order valence-corrected chi connectivity index (χ4v) is 3.06. The van der Waals surface area contributed by atoms with Crippen molar-refractivity contribution in [3.05, 3.63) is 46.5 Å². The van der Waals surface area contributed by atoms with Crippen molar-refractivity contribution in [2.75, 3.05) is 0 Å². The summed E-state index contributed by atoms with van der Waals surface area (Å²) < 4.78 is 3.38. The molecule has 0 amide bonds. The first kappa shape index (κ1) is 15.6. The molecule has 0 bridgehead atoms. The van der Waals surface area contributed by atoms with Crippen LogP contribution in [0.15, 0.2) is 35.1 Å². The molecule has 25 heavy (non-hydrogen) atoms. The van der Waals surface area contributed by atoms with Gasteiger partial charge in [0.05, 0.1) is 0 Å². The summed E-state index contributed by atoms with van der Waals surface area (Å²) in [4.78, 5) is 25.3. The maximum Gasteiger partial charge on any atom is 0.301 e. The normalized spacial score (nSPS) is 11.6. The van der Waals surface area contributed by atoms with Crippen molar-refractivity contribution in [3.63, 3.8) is 0 Å². The number of rotatable bonds is 5. The van der Waals surface area contributed by atoms with Gasteiger partial charge < -0.3 is 4.98 Å². The van der Waals surface area contributed by atoms with Crippen LogP contribution in [0.25, 0.3) is 28.3 Å². The van der Waals surface area contributed by atoms with Gasteiger partial charge in [-0.1, -0.05) is 44.2 Å². The average molecular weight is 336 g/mol. The van der Waals surface area contributed by atoms with E-state index in [2.05, 4.69) is 28.9 Å². The van der Waals surface area contributed by atoms with E-state index in [0.29, 0.717) is 28.6 Å². The summed E-state index contributed by atoms with van der Waals surface area (Å²) in [6, 6.07) is 9.79. The van der Waals surface area contributed by atoms with Crippen molar-refractivity contribution in [3.8, 4) is 11.4 Å². The monoisotopic (exact) mass is 336 g/mol. The fraction of sp³-hybridized carbons (Fsp3) is 0.333. The number of H-pyrrole nitrogens is 1. The highest BCUT2D eigenvalue weighted by molar-refractivity contribution is 5.77. The second-order valence-corrected chi connectivity index (χ2v) is 6.10. The summed E-state index contributed by atoms with van der Waals surface area (Å²) in [6.07, 6.45) is 2.61. The average Bonchev–Trinajstić information content (AvgIpc) is 3.25. The van der Waals surface area contributed by atoms with Crippen LogP contribution < -0.4 is 5.56 Å². The van der Waals surface area contributed by atoms with Crippen molar-refractivity contribution in [1.29, 1.82) is 0 Å². The Morgan fingerprint density at radius 1 is 1.08 bits per heavy atom. The molecule has 7 heteroatoms. The van der Waals surface area contributed by atoms with Gasteiger partial charge in [-0.3, -0.25) is 9.36 Å². The van der Waals surface area contributed by atoms with Gasteiger partial charge in [-0.25, -0.2) is 4.98 Å². The quantitative estimate of drug-likeness (QED) is 0.607. The first-order chi connectivity index (χ1) is 12.2. The molecule has 0 aliphatic carbocycles. The van der Waals surface area contributed by atoms with E-state index in [1.807, 2.05) is 34.9 Å². The summed E-state index contributed by atoms with van der Waals surface area (Å²) in [7, 11) is 0. The Morgan fingerprint density at radius 2 is 1.88 bits per heavy atom. The van der Waals surface area contributed by atoms with Crippen LogP contribution in [0.5, 0.6) is 0 Å². The topological polar surface area (TPSA) is 80.9 Å². The third-order valence-corrected chi connectivity index (χ3v) is 4.19. The van der Waals surface area contributed by atoms with Crippen LogP contribution in [-0.2, 0) is 13.0 Å². The van der Waals surface area contributed by atoms with Gasteiger partial charge in [0.1, 0.15) is 5.82 Å². The lowest BCUT2D eigenvalue weighted by molar-refractivity contribution is 0.686. The summed E-state index contributed by atoms with van der Waals surface area (Å²) in [6.45, 7) is 4.89. The molecule has 0 aliphatic heterocycles. The molecule has 3 aromatic heterocycles. The molecule has 0 fully saturated rings. The number of fused-ring (bicyclic) bond motifs is 2. The third-order valence-electron chi connectivity index (χ3n) is 4.19. The van der Waals surface area contributed by atoms with E-state index in [-0.39, 0.29) is 5.56 Å². The molecule has 0 unspecified atom stereocenters. The van der Waals surface area contributed by atoms with Gasteiger partial charge in [-0.15, -0.1) is 5.10 Å². The van der Waals surface area contributed by atoms with Gasteiger partial charge >= 0.3 is 5.56 Å². The lowest BCUT2D eigenvalue weighted by Crippen LogP contribution is -2.20. The third kappa shape index (κ3) is 2.52. The Hall–Kier alpha value is -2.96. The van der Waals surface area contributed by atoms with E-state index >= 15 is 0 Å². The molecule has 0 saturated carbocycles. The number of nitrogens with zero attached hydrogens (tertiary/aromatic N) is 5. The number of imidazole rings is 1. The Kier molecular flexibility index (Phi) is 3.83. The Labute approximate surface area is 144 Å². The Bertz CT molecular complexity index is 1090. The molecule has 0 radical (unpaired) electrons. The molecule has 0 spiro atoms. The summed E-state index contributed by atoms with van der Waals surface area (Å²) in [5, 5.41) is 4.40. The zero-order valence-electron chi connectivity index (χ0n) is 14.4. The standard InChI is InChI=1S/C18H20N6O/c1-3-8-13-19-18-23(11-4-2)16-14(17(25)24(18)22-13)20-15(21-16)12-9-6-5-7-10-12/h5-7,9-10H,3-4,8,11H2,1-2H3,(H,20,21). The van der Waals surface area contributed by atoms with Crippen molar-refractivity contribution in [1.82, 2.24) is 29.1 Å². The predicted molar refractivity (Wildman–Crippen MR) is 96.6 cm³/mol. The van der Waals surface area contributed by atoms with Gasteiger partial charge in [0.25, 0.3) is 0 Å². The molecule has 0 aliphatic rings. The minimum absolute atomic E-state index is 0.207. The number of aromatic amines is 1. The molecule has 0 saturated heterocycles. The molecule has 1 N–H and O–H groups in total. The zero-order valence-corrected chi connectivity index (χ0v) is 14.4. The van der Waals surface area contributed by atoms with Gasteiger partial charge in [-0.05, 0) is 12.8 Å². The summed E-state index contributed by atoms with van der Waals surface area (Å²) in [5.74, 6) is 1.94. The van der Waals surface area contributed by atoms with Crippen LogP contribution in [0.3, 0.4) is 0 Å². The molecule has 1 aromatic carbocycles. The molecular formula is C18H20N6O. The molecule has 4 rings (SSSR count). The molecular weight excluding hydrogens is 316 g/mol. The Morgan fingerprint density at radius 3 is 2.60 bits per heavy atom. The SMILES string of the molecule is CCCc1nc2n(CCC)c3nc(-c4ccccc4)[nH]c3c(=O)n2n1. The van der Waals surface area contributed by atoms with Gasteiger partial charge in [0, 0.05) is 18.5 Å². The van der Waals surface area contributed by atoms with E-state index in [1.165, 1.54) is 4.52 Å². The van der Waals surface area contributed by atoms with E-state index in [1.54, 1.807) is 0 Å². The molecule has 4 aromatic rings. The highest BCUT2D eigenvalue weighted by atomic mass is 16.1. The Balaban J connectivity index is 2.02. The first-order valence-corrected chi connectivity index (χ1v) is 8.66. The number of hydrogen-bond donors (Lipinski definition) is 1. The number of nitrogens with one attached hydrogen (secondary N) is 1. The van der Waals surface area contributed by atoms with Gasteiger partial charge in [0.15, 0.2) is 17.0 Å². The lowest BCUT2D eigenvalue weighted by atomic mass is 10.2. The number of benzene rings is 1. The summed E-state index contributed by atoms with van der Waals surface area (Å²) >= 11 is 0. The van der Waals surface area contributed by atoms with Gasteiger partial charge in [0.2, 0.25) is 5.78 Å². The van der Waals surface area contributed by atoms with Crippen LogP contribution in [0.2, 0.25) is 0 Å². The molecule has 128 valence electrons. The molecule has 3 heterocycles. The maximum atomic E-state index is 12.9. The minimum atomic E-state index is -0.207. The van der Waals surface area contributed by atoms with Crippen LogP contribution in [0, 0.1) is 0 Å². The number of hydrogen-bond acceptors (Lipinski definition) is 4. The fourth-order valence-electron chi connectivity index (χ4n) is 3.06. The van der Waals surface area contributed by atoms with Crippen LogP contribution in [-0.4, -0.2) is 29.1 Å². The van der Waals surface area contributed by atoms with E-state index in [0.717, 1.165) is 31.4 Å². The second kappa shape index (κ2) is 6.16. The van der Waals surface area contributed by atoms with E-state index < -0.39 is 0 Å². The molecule has 0 atom stereocenters. The predicted octanol–water partition coefficient (Wildman–Crippen LogP) is 2.80. The smallest absolute Gasteiger partial charge is 0.301 e. The largest absolute Gasteiger partial charge is 0.332 e. The highest BCUT2D eigenvalue weighted by Crippen LogP contribution is 2.20. The van der Waals surface area contributed by atoms with Crippen molar-refractivity contribution in [2.24, 2.45) is 0 Å². The number of aryl methyl sites for hydroxylation is 2. The second-order valence-electron chi connectivity index (χ2n) is 6.10. The first-order valence-electron chi connectivity index (χ1n) is 8.66. The maximum absolute atomic E-state index is 12.9. The van der Waals surface area contributed by atoms with Crippen molar-refractivity contribution >= 4 is 16.9 Å². The zero-order chi connectivity index (χ0) is 17.4. The molecule has 7 nitrogen and oxygen atoms in total. The van der Waals surface area contributed by atoms with E-state index in [4.69, 9.17) is 4.98 Å². The number of aromatic nitrogens is 6. The van der Waals surface area contributed by atoms with Crippen molar-refractivity contribution < 1.29 is 0 Å². The van der Waals surface area contributed by atoms with Gasteiger partial charge in [-0.2, -0.15) is 9.50 Å². The van der Waals surface area contributed by atoms with Crippen LogP contribution >= 0.6 is 0 Å². The lowest BCUT2D eigenvalue weighted by Gasteiger charge is -2.06. The summed E-state index contributed by atoms with van der Waals surface area (Å²) in [5.41, 5.74) is 1.83.